The standard InChI is InChI=1S/C27H29N3O3.C4H10O.CH4O.CH4S/c1-14-19(8-7-17-6-5-9-28-26(14)17)24-16(3)25-21-13-29-22(33-4)10-18(21)12-30-27(25)15(2)20(24)11-23(31)32;1-4(2,3)5;2*1-2/h7-8,10,13,28,30H,5-6,9,11-12H2,1-4H3,(H,31,32);5H,1-3H3;2*2H,1H3. The molecule has 0 saturated heterocycles. The molecule has 0 aliphatic carbocycles. The lowest BCUT2D eigenvalue weighted by Gasteiger charge is -2.30. The number of anilines is 2. The molecule has 2 aromatic carbocycles. The average Bonchev–Trinajstić information content (AvgIpc) is 2.97. The number of carboxylic acid groups (broad SMARTS) is 1. The summed E-state index contributed by atoms with van der Waals surface area (Å²) in [6.45, 7) is 13.1. The minimum Gasteiger partial charge on any atom is -0.481 e. The van der Waals surface area contributed by atoms with Gasteiger partial charge in [0, 0.05) is 55.0 Å². The van der Waals surface area contributed by atoms with Gasteiger partial charge in [0.1, 0.15) is 0 Å². The van der Waals surface area contributed by atoms with Crippen molar-refractivity contribution in [3.05, 3.63) is 57.8 Å². The molecule has 0 unspecified atom stereocenters. The number of benzene rings is 2. The molecule has 9 heteroatoms. The Morgan fingerprint density at radius 3 is 2.21 bits per heavy atom. The molecular weight excluding hydrogens is 550 g/mol. The van der Waals surface area contributed by atoms with Crippen LogP contribution in [0.2, 0.25) is 0 Å². The largest absolute Gasteiger partial charge is 0.481 e. The maximum absolute atomic E-state index is 11.9. The van der Waals surface area contributed by atoms with Gasteiger partial charge < -0.3 is 30.7 Å². The lowest BCUT2D eigenvalue weighted by molar-refractivity contribution is -0.136. The molecule has 0 amide bonds. The Labute approximate surface area is 256 Å². The monoisotopic (exact) mass is 597 g/mol. The van der Waals surface area contributed by atoms with Crippen LogP contribution in [-0.4, -0.2) is 58.9 Å². The molecule has 1 aromatic heterocycles. The third-order valence-corrected chi connectivity index (χ3v) is 7.10. The minimum absolute atomic E-state index is 0.0192. The van der Waals surface area contributed by atoms with Gasteiger partial charge in [0.25, 0.3) is 0 Å². The van der Waals surface area contributed by atoms with Crippen LogP contribution in [0.25, 0.3) is 22.3 Å². The molecule has 8 nitrogen and oxygen atoms in total. The first-order valence-corrected chi connectivity index (χ1v) is 14.9. The molecule has 0 bridgehead atoms. The van der Waals surface area contributed by atoms with Crippen LogP contribution < -0.4 is 15.4 Å². The number of aliphatic hydroxyl groups is 2. The number of carboxylic acids is 1. The summed E-state index contributed by atoms with van der Waals surface area (Å²) in [4.78, 5) is 16.4. The van der Waals surface area contributed by atoms with Crippen molar-refractivity contribution < 1.29 is 24.9 Å². The van der Waals surface area contributed by atoms with Crippen molar-refractivity contribution in [2.24, 2.45) is 0 Å². The third-order valence-electron chi connectivity index (χ3n) is 7.10. The highest BCUT2D eigenvalue weighted by molar-refractivity contribution is 7.79. The fourth-order valence-electron chi connectivity index (χ4n) is 5.49. The first-order valence-electron chi connectivity index (χ1n) is 14.0. The fraction of sp³-hybridized carbons (Fsp3) is 0.455. The lowest BCUT2D eigenvalue weighted by atomic mass is 9.80. The Kier molecular flexibility index (Phi) is 12.7. The number of ether oxygens (including phenoxy) is 1. The number of nitrogens with one attached hydrogen (secondary N) is 2. The highest BCUT2D eigenvalue weighted by Crippen LogP contribution is 2.48. The number of methoxy groups -OCH3 is 1. The topological polar surface area (TPSA) is 124 Å². The van der Waals surface area contributed by atoms with E-state index >= 15 is 0 Å². The van der Waals surface area contributed by atoms with E-state index < -0.39 is 11.6 Å². The predicted molar refractivity (Wildman–Crippen MR) is 176 cm³/mol. The van der Waals surface area contributed by atoms with E-state index in [9.17, 15) is 9.90 Å². The number of hydrogen-bond donors (Lipinski definition) is 6. The SMILES string of the molecule is CC(C)(C)O.CO.COc1cc2c(cn1)-c1c(C)c(-c3ccc4c(c3C)NCCC4)c(CC(=O)O)c(C)c1NC2.CS. The summed E-state index contributed by atoms with van der Waals surface area (Å²) in [7, 11) is 2.62. The molecule has 2 aliphatic rings. The third kappa shape index (κ3) is 7.96. The normalized spacial score (nSPS) is 12.6. The van der Waals surface area contributed by atoms with Gasteiger partial charge >= 0.3 is 5.97 Å². The average molecular weight is 598 g/mol. The van der Waals surface area contributed by atoms with Gasteiger partial charge in [-0.2, -0.15) is 12.6 Å². The summed E-state index contributed by atoms with van der Waals surface area (Å²) in [6, 6.07) is 6.34. The van der Waals surface area contributed by atoms with Gasteiger partial charge in [0.15, 0.2) is 0 Å². The first kappa shape index (κ1) is 34.9. The number of rotatable bonds is 4. The number of carbonyl (C=O) groups is 1. The molecule has 5 rings (SSSR count). The van der Waals surface area contributed by atoms with Crippen LogP contribution in [0.3, 0.4) is 0 Å². The quantitative estimate of drug-likeness (QED) is 0.197. The second kappa shape index (κ2) is 15.3. The molecule has 230 valence electrons. The maximum Gasteiger partial charge on any atom is 0.307 e. The number of fused-ring (bicyclic) bond motifs is 4. The van der Waals surface area contributed by atoms with E-state index in [1.807, 2.05) is 19.2 Å². The first-order chi connectivity index (χ1) is 19.9. The van der Waals surface area contributed by atoms with Crippen molar-refractivity contribution >= 4 is 30.0 Å². The highest BCUT2D eigenvalue weighted by atomic mass is 32.1. The number of pyridine rings is 1. The molecule has 3 heterocycles. The summed E-state index contributed by atoms with van der Waals surface area (Å²) in [5, 5.41) is 32.4. The fourth-order valence-corrected chi connectivity index (χ4v) is 5.49. The van der Waals surface area contributed by atoms with Gasteiger partial charge in [-0.25, -0.2) is 4.98 Å². The van der Waals surface area contributed by atoms with Crippen LogP contribution in [0.15, 0.2) is 24.4 Å². The van der Waals surface area contributed by atoms with Gasteiger partial charge in [-0.3, -0.25) is 4.79 Å². The molecule has 0 atom stereocenters. The Bertz CT molecular complexity index is 1390. The van der Waals surface area contributed by atoms with Crippen LogP contribution in [0.1, 0.15) is 60.6 Å². The zero-order chi connectivity index (χ0) is 31.8. The van der Waals surface area contributed by atoms with Crippen molar-refractivity contribution in [3.8, 4) is 28.1 Å². The molecule has 2 aliphatic heterocycles. The molecule has 0 spiro atoms. The van der Waals surface area contributed by atoms with Crippen LogP contribution in [-0.2, 0) is 24.2 Å². The van der Waals surface area contributed by atoms with E-state index in [-0.39, 0.29) is 6.42 Å². The predicted octanol–water partition coefficient (Wildman–Crippen LogP) is 6.19. The molecular formula is C33H47N3O5S. The Morgan fingerprint density at radius 2 is 1.62 bits per heavy atom. The maximum atomic E-state index is 11.9. The van der Waals surface area contributed by atoms with E-state index in [1.165, 1.54) is 16.8 Å². The van der Waals surface area contributed by atoms with E-state index in [4.69, 9.17) is 14.9 Å². The van der Waals surface area contributed by atoms with Gasteiger partial charge in [-0.1, -0.05) is 12.1 Å². The van der Waals surface area contributed by atoms with E-state index in [2.05, 4.69) is 54.2 Å². The molecule has 5 N–H and O–H groups in total. The number of nitrogens with zero attached hydrogens (tertiary/aromatic N) is 1. The second-order valence-corrected chi connectivity index (χ2v) is 11.1. The van der Waals surface area contributed by atoms with Gasteiger partial charge in [-0.05, 0) is 105 Å². The summed E-state index contributed by atoms with van der Waals surface area (Å²) >= 11 is 3.53. The van der Waals surface area contributed by atoms with Gasteiger partial charge in [0.05, 0.1) is 19.1 Å². The summed E-state index contributed by atoms with van der Waals surface area (Å²) in [5.74, 6) is -0.234. The molecule has 3 aromatic rings. The number of aliphatic carboxylic acids is 1. The summed E-state index contributed by atoms with van der Waals surface area (Å²) in [6.07, 6.45) is 5.75. The van der Waals surface area contributed by atoms with E-state index in [0.29, 0.717) is 12.4 Å². The Hall–Kier alpha value is -3.27. The van der Waals surface area contributed by atoms with Crippen molar-refractivity contribution in [2.75, 3.05) is 37.7 Å². The van der Waals surface area contributed by atoms with E-state index in [1.54, 1.807) is 34.1 Å². The van der Waals surface area contributed by atoms with Crippen LogP contribution >= 0.6 is 12.6 Å². The molecule has 0 fully saturated rings. The van der Waals surface area contributed by atoms with Gasteiger partial charge in [0.2, 0.25) is 5.88 Å². The number of aromatic nitrogens is 1. The van der Waals surface area contributed by atoms with Crippen LogP contribution in [0.4, 0.5) is 11.4 Å². The number of hydrogen-bond acceptors (Lipinski definition) is 8. The Morgan fingerprint density at radius 1 is 0.976 bits per heavy atom. The summed E-state index contributed by atoms with van der Waals surface area (Å²) in [5.41, 5.74) is 12.5. The van der Waals surface area contributed by atoms with E-state index in [0.717, 1.165) is 76.7 Å². The molecule has 0 radical (unpaired) electrons. The number of thiol groups is 1. The van der Waals surface area contributed by atoms with Crippen molar-refractivity contribution in [1.82, 2.24) is 4.98 Å². The van der Waals surface area contributed by atoms with Gasteiger partial charge in [-0.15, -0.1) is 0 Å². The van der Waals surface area contributed by atoms with Crippen molar-refractivity contribution in [3.63, 3.8) is 0 Å². The zero-order valence-corrected chi connectivity index (χ0v) is 27.3. The van der Waals surface area contributed by atoms with Crippen molar-refractivity contribution in [2.45, 2.75) is 73.0 Å². The zero-order valence-electron chi connectivity index (χ0n) is 26.4. The number of aryl methyl sites for hydroxylation is 1. The second-order valence-electron chi connectivity index (χ2n) is 11.1. The number of aliphatic hydroxyl groups excluding tert-OH is 1. The minimum atomic E-state index is -0.824. The van der Waals surface area contributed by atoms with Crippen molar-refractivity contribution in [1.29, 1.82) is 0 Å². The summed E-state index contributed by atoms with van der Waals surface area (Å²) < 4.78 is 5.34. The van der Waals surface area contributed by atoms with Crippen LogP contribution in [0.5, 0.6) is 5.88 Å². The molecule has 0 saturated carbocycles. The Balaban J connectivity index is 0.000000612. The lowest BCUT2D eigenvalue weighted by Crippen LogP contribution is -2.17. The smallest absolute Gasteiger partial charge is 0.307 e. The molecule has 42 heavy (non-hydrogen) atoms. The highest BCUT2D eigenvalue weighted by Gasteiger charge is 2.28. The van der Waals surface area contributed by atoms with Crippen LogP contribution in [0, 0.1) is 20.8 Å².